The Kier molecular flexibility index (Phi) is 3.12. The fraction of sp³-hybridized carbons (Fsp3) is 0.467. The van der Waals surface area contributed by atoms with Crippen LogP contribution in [0.5, 0.6) is 0 Å². The van der Waals surface area contributed by atoms with E-state index in [-0.39, 0.29) is 11.9 Å². The molecule has 0 unspecified atom stereocenters. The number of hydrogen-bond acceptors (Lipinski definition) is 2. The van der Waals surface area contributed by atoms with E-state index in [0.29, 0.717) is 6.54 Å². The lowest BCUT2D eigenvalue weighted by Crippen LogP contribution is -2.68. The predicted molar refractivity (Wildman–Crippen MR) is 73.4 cm³/mol. The second-order valence-electron chi connectivity index (χ2n) is 6.06. The zero-order chi connectivity index (χ0) is 14.3. The van der Waals surface area contributed by atoms with Crippen LogP contribution in [0, 0.1) is 5.41 Å². The molecule has 4 heteroatoms. The molecule has 1 aliphatic rings. The Hall–Kier alpha value is -1.84. The molecule has 0 aromatic heterocycles. The monoisotopic (exact) mass is 260 g/mol. The molecular weight excluding hydrogens is 240 g/mol. The number of nitrogens with zero attached hydrogens (tertiary/aromatic N) is 1. The zero-order valence-electron chi connectivity index (χ0n) is 11.9. The van der Waals surface area contributed by atoms with Gasteiger partial charge in [-0.1, -0.05) is 30.3 Å². The first kappa shape index (κ1) is 13.6. The van der Waals surface area contributed by atoms with E-state index < -0.39 is 11.0 Å². The molecule has 2 rings (SSSR count). The van der Waals surface area contributed by atoms with Crippen molar-refractivity contribution >= 4 is 11.9 Å². The Morgan fingerprint density at radius 1 is 1.05 bits per heavy atom. The van der Waals surface area contributed by atoms with Gasteiger partial charge in [0.05, 0.1) is 17.5 Å². The van der Waals surface area contributed by atoms with E-state index in [0.717, 1.165) is 5.56 Å². The topological polar surface area (TPSA) is 49.4 Å². The Bertz CT molecular complexity index is 506. The van der Waals surface area contributed by atoms with Crippen molar-refractivity contribution in [1.29, 1.82) is 0 Å². The number of carbonyl (C=O) groups excluding carboxylic acids is 2. The summed E-state index contributed by atoms with van der Waals surface area (Å²) in [5.41, 5.74) is -0.231. The molecule has 4 nitrogen and oxygen atoms in total. The fourth-order valence-electron chi connectivity index (χ4n) is 2.10. The lowest BCUT2D eigenvalue weighted by Gasteiger charge is -2.48. The minimum absolute atomic E-state index is 0.134. The van der Waals surface area contributed by atoms with E-state index >= 15 is 0 Å². The zero-order valence-corrected chi connectivity index (χ0v) is 11.9. The molecule has 0 bridgehead atoms. The summed E-state index contributed by atoms with van der Waals surface area (Å²) in [7, 11) is 0. The van der Waals surface area contributed by atoms with Crippen molar-refractivity contribution in [1.82, 2.24) is 10.2 Å². The molecule has 0 atom stereocenters. The number of rotatable bonds is 2. The van der Waals surface area contributed by atoms with Crippen molar-refractivity contribution in [3.63, 3.8) is 0 Å². The summed E-state index contributed by atoms with van der Waals surface area (Å²) in [6.45, 7) is 7.80. The van der Waals surface area contributed by atoms with E-state index in [1.165, 1.54) is 4.90 Å². The molecule has 0 radical (unpaired) electrons. The minimum Gasteiger partial charge on any atom is -0.332 e. The molecule has 19 heavy (non-hydrogen) atoms. The van der Waals surface area contributed by atoms with Gasteiger partial charge in [-0.05, 0) is 33.3 Å². The van der Waals surface area contributed by atoms with Crippen molar-refractivity contribution in [2.75, 3.05) is 0 Å². The number of benzene rings is 1. The standard InChI is InChI=1S/C15H20N2O2/c1-14(2)12(18)17(13(19)16-15(14,3)4)10-11-8-6-5-7-9-11/h5-9H,10H2,1-4H3,(H,16,19). The average Bonchev–Trinajstić information content (AvgIpc) is 2.34. The van der Waals surface area contributed by atoms with Crippen LogP contribution in [0.1, 0.15) is 33.3 Å². The molecule has 1 fully saturated rings. The maximum absolute atomic E-state index is 12.5. The largest absolute Gasteiger partial charge is 0.332 e. The van der Waals surface area contributed by atoms with Crippen LogP contribution in [-0.4, -0.2) is 22.4 Å². The molecule has 1 heterocycles. The van der Waals surface area contributed by atoms with E-state index in [9.17, 15) is 9.59 Å². The normalized spacial score (nSPS) is 21.2. The summed E-state index contributed by atoms with van der Waals surface area (Å²) in [4.78, 5) is 25.9. The van der Waals surface area contributed by atoms with Crippen molar-refractivity contribution in [2.45, 2.75) is 39.8 Å². The van der Waals surface area contributed by atoms with Crippen molar-refractivity contribution in [3.05, 3.63) is 35.9 Å². The summed E-state index contributed by atoms with van der Waals surface area (Å²) < 4.78 is 0. The quantitative estimate of drug-likeness (QED) is 0.888. The maximum Gasteiger partial charge on any atom is 0.324 e. The number of amides is 3. The highest BCUT2D eigenvalue weighted by Crippen LogP contribution is 2.36. The third-order valence-electron chi connectivity index (χ3n) is 4.19. The van der Waals surface area contributed by atoms with Crippen LogP contribution in [0.4, 0.5) is 4.79 Å². The number of imide groups is 1. The lowest BCUT2D eigenvalue weighted by atomic mass is 9.72. The maximum atomic E-state index is 12.5. The predicted octanol–water partition coefficient (Wildman–Crippen LogP) is 2.54. The van der Waals surface area contributed by atoms with Crippen LogP contribution in [-0.2, 0) is 11.3 Å². The van der Waals surface area contributed by atoms with Crippen LogP contribution in [0.15, 0.2) is 30.3 Å². The molecule has 0 aliphatic carbocycles. The van der Waals surface area contributed by atoms with Crippen LogP contribution >= 0.6 is 0 Å². The first-order valence-corrected chi connectivity index (χ1v) is 6.44. The number of hydrogen-bond donors (Lipinski definition) is 1. The summed E-state index contributed by atoms with van der Waals surface area (Å²) in [6, 6.07) is 9.21. The van der Waals surface area contributed by atoms with Gasteiger partial charge >= 0.3 is 6.03 Å². The van der Waals surface area contributed by atoms with Gasteiger partial charge < -0.3 is 5.32 Å². The van der Waals surface area contributed by atoms with Gasteiger partial charge in [0.2, 0.25) is 5.91 Å². The molecule has 0 saturated carbocycles. The van der Waals surface area contributed by atoms with Crippen LogP contribution in [0.25, 0.3) is 0 Å². The Morgan fingerprint density at radius 2 is 1.63 bits per heavy atom. The highest BCUT2D eigenvalue weighted by atomic mass is 16.2. The van der Waals surface area contributed by atoms with Crippen molar-refractivity contribution in [2.24, 2.45) is 5.41 Å². The molecule has 1 N–H and O–H groups in total. The molecule has 1 aromatic carbocycles. The SMILES string of the molecule is CC1(C)NC(=O)N(Cc2ccccc2)C(=O)C1(C)C. The number of nitrogens with one attached hydrogen (secondary N) is 1. The van der Waals surface area contributed by atoms with Gasteiger partial charge in [-0.2, -0.15) is 0 Å². The van der Waals surface area contributed by atoms with Crippen LogP contribution in [0.2, 0.25) is 0 Å². The molecule has 102 valence electrons. The van der Waals surface area contributed by atoms with E-state index in [4.69, 9.17) is 0 Å². The molecule has 3 amide bonds. The van der Waals surface area contributed by atoms with Gasteiger partial charge in [0, 0.05) is 0 Å². The first-order valence-electron chi connectivity index (χ1n) is 6.44. The van der Waals surface area contributed by atoms with Gasteiger partial charge in [0.15, 0.2) is 0 Å². The summed E-state index contributed by atoms with van der Waals surface area (Å²) in [6.07, 6.45) is 0. The summed E-state index contributed by atoms with van der Waals surface area (Å²) in [5, 5.41) is 2.91. The van der Waals surface area contributed by atoms with Gasteiger partial charge in [0.25, 0.3) is 0 Å². The van der Waals surface area contributed by atoms with E-state index in [1.54, 1.807) is 0 Å². The molecule has 0 spiro atoms. The molecule has 1 aromatic rings. The van der Waals surface area contributed by atoms with E-state index in [2.05, 4.69) is 5.32 Å². The second kappa shape index (κ2) is 4.37. The molecule has 1 aliphatic heterocycles. The van der Waals surface area contributed by atoms with Gasteiger partial charge in [-0.3, -0.25) is 9.69 Å². The van der Waals surface area contributed by atoms with E-state index in [1.807, 2.05) is 58.0 Å². The minimum atomic E-state index is -0.629. The fourth-order valence-corrected chi connectivity index (χ4v) is 2.10. The third-order valence-corrected chi connectivity index (χ3v) is 4.19. The van der Waals surface area contributed by atoms with Crippen LogP contribution < -0.4 is 5.32 Å². The summed E-state index contributed by atoms with van der Waals surface area (Å²) >= 11 is 0. The number of urea groups is 1. The number of carbonyl (C=O) groups is 2. The first-order chi connectivity index (χ1) is 8.75. The third kappa shape index (κ3) is 2.23. The lowest BCUT2D eigenvalue weighted by molar-refractivity contribution is -0.144. The smallest absolute Gasteiger partial charge is 0.324 e. The van der Waals surface area contributed by atoms with Crippen molar-refractivity contribution in [3.8, 4) is 0 Å². The Morgan fingerprint density at radius 3 is 2.21 bits per heavy atom. The summed E-state index contributed by atoms with van der Waals surface area (Å²) in [5.74, 6) is -0.134. The molecular formula is C15H20N2O2. The average molecular weight is 260 g/mol. The van der Waals surface area contributed by atoms with Gasteiger partial charge in [-0.15, -0.1) is 0 Å². The second-order valence-corrected chi connectivity index (χ2v) is 6.06. The molecule has 1 saturated heterocycles. The highest BCUT2D eigenvalue weighted by Gasteiger charge is 2.51. The van der Waals surface area contributed by atoms with Gasteiger partial charge in [-0.25, -0.2) is 4.79 Å². The van der Waals surface area contributed by atoms with Gasteiger partial charge in [0.1, 0.15) is 0 Å². The van der Waals surface area contributed by atoms with Crippen LogP contribution in [0.3, 0.4) is 0 Å². The Balaban J connectivity index is 2.27. The van der Waals surface area contributed by atoms with Crippen molar-refractivity contribution < 1.29 is 9.59 Å². The Labute approximate surface area is 113 Å². The highest BCUT2D eigenvalue weighted by molar-refractivity contribution is 6.01.